The summed E-state index contributed by atoms with van der Waals surface area (Å²) in [4.78, 5) is 12.9. The molecule has 1 atom stereocenters. The lowest BCUT2D eigenvalue weighted by molar-refractivity contribution is 0.0939. The SMILES string of the molecule is Cc1cc(-n2c(C)cc(C(=O)NC(C)c3cccc(OC(C)C)c3)c2C)no1. The molecule has 0 saturated heterocycles. The largest absolute Gasteiger partial charge is 0.491 e. The second-order valence-electron chi connectivity index (χ2n) is 7.35. The number of rotatable bonds is 6. The molecule has 0 saturated carbocycles. The molecule has 1 unspecified atom stereocenters. The number of carbonyl (C=O) groups is 1. The Morgan fingerprint density at radius 1 is 1.14 bits per heavy atom. The molecule has 6 heteroatoms. The van der Waals surface area contributed by atoms with Crippen LogP contribution in [0.1, 0.15) is 59.9 Å². The average molecular weight is 381 g/mol. The molecule has 1 aromatic carbocycles. The lowest BCUT2D eigenvalue weighted by atomic mass is 10.1. The van der Waals surface area contributed by atoms with Gasteiger partial charge in [0.2, 0.25) is 0 Å². The number of aromatic nitrogens is 2. The Bertz CT molecular complexity index is 985. The quantitative estimate of drug-likeness (QED) is 0.674. The molecule has 3 aromatic rings. The third kappa shape index (κ3) is 4.11. The molecule has 2 aromatic heterocycles. The summed E-state index contributed by atoms with van der Waals surface area (Å²) in [6.45, 7) is 11.6. The van der Waals surface area contributed by atoms with Crippen LogP contribution in [0.15, 0.2) is 40.9 Å². The first-order chi connectivity index (χ1) is 13.3. The molecule has 1 amide bonds. The number of carbonyl (C=O) groups excluding carboxylic acids is 1. The van der Waals surface area contributed by atoms with Gasteiger partial charge in [-0.2, -0.15) is 0 Å². The molecule has 2 heterocycles. The van der Waals surface area contributed by atoms with E-state index in [4.69, 9.17) is 9.26 Å². The van der Waals surface area contributed by atoms with Crippen LogP contribution in [0.4, 0.5) is 0 Å². The van der Waals surface area contributed by atoms with Gasteiger partial charge < -0.3 is 14.6 Å². The average Bonchev–Trinajstić information content (AvgIpc) is 3.17. The number of hydrogen-bond donors (Lipinski definition) is 1. The van der Waals surface area contributed by atoms with Crippen LogP contribution in [0.5, 0.6) is 5.75 Å². The van der Waals surface area contributed by atoms with E-state index in [0.29, 0.717) is 11.4 Å². The van der Waals surface area contributed by atoms with Crippen molar-refractivity contribution in [3.63, 3.8) is 0 Å². The van der Waals surface area contributed by atoms with E-state index in [1.54, 1.807) is 0 Å². The molecular weight excluding hydrogens is 354 g/mol. The van der Waals surface area contributed by atoms with E-state index in [1.165, 1.54) is 0 Å². The normalized spacial score (nSPS) is 12.2. The third-order valence-corrected chi connectivity index (χ3v) is 4.60. The van der Waals surface area contributed by atoms with E-state index in [-0.39, 0.29) is 18.1 Å². The lowest BCUT2D eigenvalue weighted by Gasteiger charge is -2.16. The lowest BCUT2D eigenvalue weighted by Crippen LogP contribution is -2.27. The zero-order valence-electron chi connectivity index (χ0n) is 17.2. The Morgan fingerprint density at radius 3 is 2.54 bits per heavy atom. The molecular formula is C22H27N3O3. The molecule has 148 valence electrons. The van der Waals surface area contributed by atoms with Crippen molar-refractivity contribution >= 4 is 5.91 Å². The fourth-order valence-corrected chi connectivity index (χ4v) is 3.29. The second kappa shape index (κ2) is 7.92. The molecule has 6 nitrogen and oxygen atoms in total. The summed E-state index contributed by atoms with van der Waals surface area (Å²) in [6.07, 6.45) is 0.103. The molecule has 0 fully saturated rings. The summed E-state index contributed by atoms with van der Waals surface area (Å²) in [6, 6.07) is 11.4. The van der Waals surface area contributed by atoms with Gasteiger partial charge in [0.15, 0.2) is 5.82 Å². The molecule has 0 bridgehead atoms. The van der Waals surface area contributed by atoms with Gasteiger partial charge in [0, 0.05) is 17.5 Å². The van der Waals surface area contributed by atoms with Crippen molar-refractivity contribution in [3.05, 3.63) is 64.7 Å². The van der Waals surface area contributed by atoms with Crippen LogP contribution >= 0.6 is 0 Å². The van der Waals surface area contributed by atoms with Gasteiger partial charge in [0.1, 0.15) is 11.5 Å². The summed E-state index contributed by atoms with van der Waals surface area (Å²) < 4.78 is 12.9. The zero-order chi connectivity index (χ0) is 20.4. The molecule has 0 aliphatic heterocycles. The topological polar surface area (TPSA) is 69.3 Å². The van der Waals surface area contributed by atoms with Crippen LogP contribution in [0, 0.1) is 20.8 Å². The van der Waals surface area contributed by atoms with Crippen molar-refractivity contribution in [2.24, 2.45) is 0 Å². The highest BCUT2D eigenvalue weighted by molar-refractivity contribution is 5.96. The molecule has 3 rings (SSSR count). The Hall–Kier alpha value is -3.02. The Morgan fingerprint density at radius 2 is 1.89 bits per heavy atom. The van der Waals surface area contributed by atoms with Crippen molar-refractivity contribution in [2.45, 2.75) is 53.7 Å². The number of amides is 1. The van der Waals surface area contributed by atoms with Crippen LogP contribution in [-0.2, 0) is 0 Å². The maximum Gasteiger partial charge on any atom is 0.253 e. The van der Waals surface area contributed by atoms with Crippen LogP contribution in [0.25, 0.3) is 5.82 Å². The molecule has 0 spiro atoms. The monoisotopic (exact) mass is 381 g/mol. The first kappa shape index (κ1) is 19.7. The van der Waals surface area contributed by atoms with Gasteiger partial charge in [-0.3, -0.25) is 9.36 Å². The highest BCUT2D eigenvalue weighted by atomic mass is 16.5. The summed E-state index contributed by atoms with van der Waals surface area (Å²) in [5.74, 6) is 2.08. The number of ether oxygens (including phenoxy) is 1. The van der Waals surface area contributed by atoms with Gasteiger partial charge >= 0.3 is 0 Å². The van der Waals surface area contributed by atoms with Crippen LogP contribution < -0.4 is 10.1 Å². The van der Waals surface area contributed by atoms with Crippen molar-refractivity contribution in [1.82, 2.24) is 15.0 Å². The van der Waals surface area contributed by atoms with Gasteiger partial charge in [-0.05, 0) is 65.3 Å². The minimum atomic E-state index is -0.152. The molecule has 0 aliphatic rings. The molecule has 28 heavy (non-hydrogen) atoms. The Balaban J connectivity index is 1.80. The van der Waals surface area contributed by atoms with E-state index < -0.39 is 0 Å². The van der Waals surface area contributed by atoms with E-state index in [1.807, 2.05) is 82.5 Å². The summed E-state index contributed by atoms with van der Waals surface area (Å²) in [7, 11) is 0. The molecule has 0 aliphatic carbocycles. The van der Waals surface area contributed by atoms with Gasteiger partial charge in [0.05, 0.1) is 17.7 Å². The number of hydrogen-bond acceptors (Lipinski definition) is 4. The minimum Gasteiger partial charge on any atom is -0.491 e. The first-order valence-corrected chi connectivity index (χ1v) is 9.46. The van der Waals surface area contributed by atoms with Gasteiger partial charge in [-0.15, -0.1) is 0 Å². The number of aryl methyl sites for hydroxylation is 2. The van der Waals surface area contributed by atoms with Crippen LogP contribution in [-0.4, -0.2) is 21.7 Å². The number of benzene rings is 1. The van der Waals surface area contributed by atoms with Crippen molar-refractivity contribution in [2.75, 3.05) is 0 Å². The van der Waals surface area contributed by atoms with Crippen LogP contribution in [0.2, 0.25) is 0 Å². The van der Waals surface area contributed by atoms with Crippen molar-refractivity contribution in [3.8, 4) is 11.6 Å². The maximum atomic E-state index is 12.9. The Kier molecular flexibility index (Phi) is 5.58. The minimum absolute atomic E-state index is 0.103. The van der Waals surface area contributed by atoms with Gasteiger partial charge in [-0.25, -0.2) is 0 Å². The van der Waals surface area contributed by atoms with Crippen molar-refractivity contribution in [1.29, 1.82) is 0 Å². The van der Waals surface area contributed by atoms with E-state index in [9.17, 15) is 4.79 Å². The summed E-state index contributed by atoms with van der Waals surface area (Å²) in [5, 5.41) is 7.14. The van der Waals surface area contributed by atoms with Gasteiger partial charge in [-0.1, -0.05) is 17.3 Å². The number of nitrogens with zero attached hydrogens (tertiary/aromatic N) is 2. The van der Waals surface area contributed by atoms with Crippen LogP contribution in [0.3, 0.4) is 0 Å². The van der Waals surface area contributed by atoms with E-state index >= 15 is 0 Å². The zero-order valence-corrected chi connectivity index (χ0v) is 17.2. The first-order valence-electron chi connectivity index (χ1n) is 9.46. The fraction of sp³-hybridized carbons (Fsp3) is 0.364. The molecule has 1 N–H and O–H groups in total. The van der Waals surface area contributed by atoms with E-state index in [2.05, 4.69) is 10.5 Å². The van der Waals surface area contributed by atoms with Gasteiger partial charge in [0.25, 0.3) is 5.91 Å². The molecule has 0 radical (unpaired) electrons. The Labute approximate surface area is 165 Å². The smallest absolute Gasteiger partial charge is 0.253 e. The number of nitrogens with one attached hydrogen (secondary N) is 1. The predicted molar refractivity (Wildman–Crippen MR) is 108 cm³/mol. The third-order valence-electron chi connectivity index (χ3n) is 4.60. The standard InChI is InChI=1S/C22H27N3O3/c1-13(2)27-19-9-7-8-18(12-19)16(5)23-22(26)20-10-14(3)25(17(20)6)21-11-15(4)28-24-21/h7-13,16H,1-6H3,(H,23,26). The maximum absolute atomic E-state index is 12.9. The fourth-order valence-electron chi connectivity index (χ4n) is 3.29. The highest BCUT2D eigenvalue weighted by Crippen LogP contribution is 2.23. The highest BCUT2D eigenvalue weighted by Gasteiger charge is 2.20. The predicted octanol–water partition coefficient (Wildman–Crippen LogP) is 4.67. The second-order valence-corrected chi connectivity index (χ2v) is 7.35. The van der Waals surface area contributed by atoms with Crippen molar-refractivity contribution < 1.29 is 14.1 Å². The summed E-state index contributed by atoms with van der Waals surface area (Å²) in [5.41, 5.74) is 3.37. The summed E-state index contributed by atoms with van der Waals surface area (Å²) >= 11 is 0. The van der Waals surface area contributed by atoms with E-state index in [0.717, 1.165) is 28.5 Å².